The number of aliphatic carboxylic acids is 1. The van der Waals surface area contributed by atoms with Gasteiger partial charge in [-0.25, -0.2) is 0 Å². The third-order valence-corrected chi connectivity index (χ3v) is 7.52. The van der Waals surface area contributed by atoms with Gasteiger partial charge in [0.05, 0.1) is 11.8 Å². The molecule has 1 aromatic rings. The summed E-state index contributed by atoms with van der Waals surface area (Å²) >= 11 is 0. The Morgan fingerprint density at radius 2 is 1.77 bits per heavy atom. The number of carboxylic acid groups (broad SMARTS) is 1. The van der Waals surface area contributed by atoms with E-state index >= 15 is 0 Å². The molecule has 1 saturated carbocycles. The monoisotopic (exact) mass is 425 g/mol. The van der Waals surface area contributed by atoms with Crippen molar-refractivity contribution < 1.29 is 24.3 Å². The third-order valence-electron chi connectivity index (χ3n) is 7.52. The van der Waals surface area contributed by atoms with Gasteiger partial charge in [-0.1, -0.05) is 43.9 Å². The van der Waals surface area contributed by atoms with Gasteiger partial charge < -0.3 is 10.4 Å². The summed E-state index contributed by atoms with van der Waals surface area (Å²) in [6.07, 6.45) is 5.79. The number of anilines is 1. The van der Waals surface area contributed by atoms with Crippen molar-refractivity contribution in [3.8, 4) is 0 Å². The third kappa shape index (κ3) is 2.91. The number of fused-ring (bicyclic) bond motifs is 4. The predicted molar refractivity (Wildman–Crippen MR) is 111 cm³/mol. The molecule has 0 unspecified atom stereocenters. The van der Waals surface area contributed by atoms with Gasteiger partial charge in [-0.15, -0.1) is 0 Å². The second kappa shape index (κ2) is 7.44. The molecule has 1 aliphatic carbocycles. The molecule has 3 N–H and O–H groups in total. The summed E-state index contributed by atoms with van der Waals surface area (Å²) in [6.45, 7) is 0. The molecule has 0 bridgehead atoms. The van der Waals surface area contributed by atoms with Crippen LogP contribution in [0.1, 0.15) is 56.9 Å². The number of imide groups is 1. The Bertz CT molecular complexity index is 954. The Hall–Kier alpha value is -2.74. The maximum Gasteiger partial charge on any atom is 0.303 e. The van der Waals surface area contributed by atoms with Gasteiger partial charge in [0.25, 0.3) is 0 Å². The fourth-order valence-electron chi connectivity index (χ4n) is 6.18. The van der Waals surface area contributed by atoms with E-state index in [2.05, 4.69) is 10.6 Å². The van der Waals surface area contributed by atoms with Crippen molar-refractivity contribution >= 4 is 29.4 Å². The standard InChI is InChI=1S/C23H27N3O5/c27-17(28)12-11-16-18-19(21(30)26(20(18)29)13-7-3-1-2-4-8-13)23(25-16)14-9-5-6-10-15(14)24-22(23)31/h5-6,9-10,13,16,18-19,25H,1-4,7-8,11-12H2,(H,24,31)(H,27,28)/t16-,18+,19+,23+/m0/s1. The molecule has 2 saturated heterocycles. The number of hydrogen-bond donors (Lipinski definition) is 3. The van der Waals surface area contributed by atoms with E-state index in [4.69, 9.17) is 0 Å². The van der Waals surface area contributed by atoms with Crippen LogP contribution in [0.5, 0.6) is 0 Å². The molecule has 1 spiro atoms. The maximum absolute atomic E-state index is 13.8. The fraction of sp³-hybridized carbons (Fsp3) is 0.565. The van der Waals surface area contributed by atoms with Gasteiger partial charge in [0.1, 0.15) is 5.54 Å². The van der Waals surface area contributed by atoms with Crippen LogP contribution < -0.4 is 10.6 Å². The number of nitrogens with one attached hydrogen (secondary N) is 2. The van der Waals surface area contributed by atoms with Crippen molar-refractivity contribution in [3.05, 3.63) is 29.8 Å². The molecule has 1 aromatic carbocycles. The van der Waals surface area contributed by atoms with Gasteiger partial charge in [-0.2, -0.15) is 0 Å². The zero-order chi connectivity index (χ0) is 21.8. The molecule has 0 radical (unpaired) electrons. The highest BCUT2D eigenvalue weighted by Crippen LogP contribution is 2.54. The highest BCUT2D eigenvalue weighted by molar-refractivity contribution is 6.15. The van der Waals surface area contributed by atoms with E-state index in [0.717, 1.165) is 38.5 Å². The lowest BCUT2D eigenvalue weighted by molar-refractivity contribution is -0.146. The Morgan fingerprint density at radius 3 is 2.48 bits per heavy atom. The van der Waals surface area contributed by atoms with Crippen LogP contribution in [0.25, 0.3) is 0 Å². The quantitative estimate of drug-likeness (QED) is 0.502. The molecule has 4 aliphatic rings. The highest BCUT2D eigenvalue weighted by atomic mass is 16.4. The van der Waals surface area contributed by atoms with Crippen LogP contribution in [0.3, 0.4) is 0 Å². The lowest BCUT2D eigenvalue weighted by Crippen LogP contribution is -2.54. The smallest absolute Gasteiger partial charge is 0.303 e. The van der Waals surface area contributed by atoms with Gasteiger partial charge in [0.15, 0.2) is 0 Å². The number of carboxylic acids is 1. The van der Waals surface area contributed by atoms with Crippen molar-refractivity contribution in [1.29, 1.82) is 0 Å². The average Bonchev–Trinajstić information content (AvgIpc) is 3.21. The zero-order valence-electron chi connectivity index (χ0n) is 17.3. The van der Waals surface area contributed by atoms with E-state index in [1.54, 1.807) is 6.07 Å². The van der Waals surface area contributed by atoms with Crippen LogP contribution in [0.2, 0.25) is 0 Å². The average molecular weight is 425 g/mol. The number of hydrogen-bond acceptors (Lipinski definition) is 5. The highest BCUT2D eigenvalue weighted by Gasteiger charge is 2.70. The van der Waals surface area contributed by atoms with Gasteiger partial charge in [-0.3, -0.25) is 29.4 Å². The van der Waals surface area contributed by atoms with Crippen LogP contribution in [-0.4, -0.2) is 45.8 Å². The molecular formula is C23H27N3O5. The number of para-hydroxylation sites is 1. The largest absolute Gasteiger partial charge is 0.481 e. The lowest BCUT2D eigenvalue weighted by Gasteiger charge is -2.32. The normalized spacial score (nSPS) is 32.8. The Balaban J connectivity index is 1.58. The van der Waals surface area contributed by atoms with E-state index in [1.165, 1.54) is 4.90 Å². The molecule has 4 atom stereocenters. The molecule has 3 heterocycles. The number of nitrogens with zero attached hydrogens (tertiary/aromatic N) is 1. The second-order valence-corrected chi connectivity index (χ2v) is 9.19. The van der Waals surface area contributed by atoms with Crippen molar-refractivity contribution in [2.75, 3.05) is 5.32 Å². The molecular weight excluding hydrogens is 398 g/mol. The number of amides is 3. The van der Waals surface area contributed by atoms with Crippen molar-refractivity contribution in [3.63, 3.8) is 0 Å². The zero-order valence-corrected chi connectivity index (χ0v) is 17.3. The summed E-state index contributed by atoms with van der Waals surface area (Å²) in [6, 6.07) is 6.53. The lowest BCUT2D eigenvalue weighted by atomic mass is 9.76. The molecule has 5 rings (SSSR count). The van der Waals surface area contributed by atoms with Crippen LogP contribution in [-0.2, 0) is 24.7 Å². The Labute approximate surface area is 180 Å². The molecule has 164 valence electrons. The van der Waals surface area contributed by atoms with E-state index in [0.29, 0.717) is 11.3 Å². The summed E-state index contributed by atoms with van der Waals surface area (Å²) in [5.41, 5.74) is -0.0427. The number of benzene rings is 1. The molecule has 8 heteroatoms. The van der Waals surface area contributed by atoms with E-state index in [9.17, 15) is 24.3 Å². The van der Waals surface area contributed by atoms with Crippen LogP contribution in [0.4, 0.5) is 5.69 Å². The summed E-state index contributed by atoms with van der Waals surface area (Å²) in [5.74, 6) is -3.44. The van der Waals surface area contributed by atoms with Gasteiger partial charge in [0.2, 0.25) is 17.7 Å². The predicted octanol–water partition coefficient (Wildman–Crippen LogP) is 1.99. The van der Waals surface area contributed by atoms with Crippen molar-refractivity contribution in [1.82, 2.24) is 10.2 Å². The summed E-state index contributed by atoms with van der Waals surface area (Å²) < 4.78 is 0. The van der Waals surface area contributed by atoms with E-state index in [-0.39, 0.29) is 36.6 Å². The first-order chi connectivity index (χ1) is 14.9. The topological polar surface area (TPSA) is 116 Å². The number of likely N-dealkylation sites (tertiary alicyclic amines) is 1. The van der Waals surface area contributed by atoms with Gasteiger partial charge >= 0.3 is 5.97 Å². The van der Waals surface area contributed by atoms with Crippen molar-refractivity contribution in [2.45, 2.75) is 69.0 Å². The van der Waals surface area contributed by atoms with Crippen LogP contribution in [0, 0.1) is 11.8 Å². The number of carbonyl (C=O) groups excluding carboxylic acids is 3. The minimum absolute atomic E-state index is 0.134. The molecule has 3 aliphatic heterocycles. The fourth-order valence-corrected chi connectivity index (χ4v) is 6.18. The molecule has 31 heavy (non-hydrogen) atoms. The first-order valence-electron chi connectivity index (χ1n) is 11.2. The minimum Gasteiger partial charge on any atom is -0.481 e. The summed E-state index contributed by atoms with van der Waals surface area (Å²) in [7, 11) is 0. The first kappa shape index (κ1) is 20.2. The minimum atomic E-state index is -1.34. The molecule has 0 aromatic heterocycles. The molecule has 8 nitrogen and oxygen atoms in total. The van der Waals surface area contributed by atoms with E-state index < -0.39 is 29.4 Å². The number of carbonyl (C=O) groups is 4. The van der Waals surface area contributed by atoms with E-state index in [1.807, 2.05) is 18.2 Å². The SMILES string of the molecule is O=C(O)CC[C@@H]1N[C@@]2(C(=O)Nc3ccccc32)[C@H]2C(=O)N(C3CCCCCC3)C(=O)[C@H]12. The maximum atomic E-state index is 13.8. The van der Waals surface area contributed by atoms with Gasteiger partial charge in [-0.05, 0) is 25.3 Å². The van der Waals surface area contributed by atoms with Crippen LogP contribution >= 0.6 is 0 Å². The molecule has 3 fully saturated rings. The Morgan fingerprint density at radius 1 is 1.06 bits per heavy atom. The van der Waals surface area contributed by atoms with Crippen molar-refractivity contribution in [2.24, 2.45) is 11.8 Å². The van der Waals surface area contributed by atoms with Gasteiger partial charge in [0, 0.05) is 29.8 Å². The Kier molecular flexibility index (Phi) is 4.84. The second-order valence-electron chi connectivity index (χ2n) is 9.19. The first-order valence-corrected chi connectivity index (χ1v) is 11.2. The molecule has 3 amide bonds. The summed E-state index contributed by atoms with van der Waals surface area (Å²) in [4.78, 5) is 53.4. The number of rotatable bonds is 4. The van der Waals surface area contributed by atoms with Crippen LogP contribution in [0.15, 0.2) is 24.3 Å². The summed E-state index contributed by atoms with van der Waals surface area (Å²) in [5, 5.41) is 15.4.